The number of unbranched alkanes of at least 4 members (excludes halogenated alkanes) is 15. The van der Waals surface area contributed by atoms with Gasteiger partial charge in [0.2, 0.25) is 5.82 Å². The maximum absolute atomic E-state index is 11.9. The van der Waals surface area contributed by atoms with Crippen LogP contribution in [-0.2, 0) is 0 Å². The zero-order valence-electron chi connectivity index (χ0n) is 18.9. The highest BCUT2D eigenvalue weighted by Gasteiger charge is 2.10. The number of methoxy groups -OCH3 is 1. The number of nitrogens with two attached hydrogens (primary N) is 1. The second-order valence-electron chi connectivity index (χ2n) is 8.07. The lowest BCUT2D eigenvalue weighted by Crippen LogP contribution is -2.35. The monoisotopic (exact) mass is 408 g/mol. The number of rotatable bonds is 19. The van der Waals surface area contributed by atoms with Crippen molar-refractivity contribution in [3.05, 3.63) is 11.3 Å². The van der Waals surface area contributed by atoms with Crippen molar-refractivity contribution in [3.8, 4) is 5.88 Å². The summed E-state index contributed by atoms with van der Waals surface area (Å²) in [6.45, 7) is 3.03. The molecule has 0 radical (unpaired) electrons. The molecule has 1 aromatic rings. The molecule has 6 heteroatoms. The molecule has 0 saturated carbocycles. The molecule has 0 atom stereocenters. The van der Waals surface area contributed by atoms with Crippen molar-refractivity contribution >= 4 is 11.8 Å². The summed E-state index contributed by atoms with van der Waals surface area (Å²) in [4.78, 5) is 3.85. The topological polar surface area (TPSA) is 87.1 Å². The van der Waals surface area contributed by atoms with Gasteiger partial charge in [0.1, 0.15) is 0 Å². The largest absolute Gasteiger partial charge is 0.754 e. The van der Waals surface area contributed by atoms with Gasteiger partial charge in [-0.15, -0.1) is 0 Å². The van der Waals surface area contributed by atoms with Crippen LogP contribution >= 0.6 is 0 Å². The number of nitrogens with one attached hydrogen (secondary N) is 1. The minimum absolute atomic E-state index is 0.0983. The Labute approximate surface area is 178 Å². The van der Waals surface area contributed by atoms with E-state index in [4.69, 9.17) is 10.5 Å². The van der Waals surface area contributed by atoms with E-state index in [9.17, 15) is 5.21 Å². The van der Waals surface area contributed by atoms with Gasteiger partial charge in [0.05, 0.1) is 13.2 Å². The highest BCUT2D eigenvalue weighted by atomic mass is 16.5. The van der Waals surface area contributed by atoms with E-state index < -0.39 is 0 Å². The minimum atomic E-state index is -0.0983. The molecule has 6 nitrogen and oxygen atoms in total. The summed E-state index contributed by atoms with van der Waals surface area (Å²) in [5.74, 6) is 0.651. The molecule has 0 aliphatic carbocycles. The molecule has 168 valence electrons. The lowest BCUT2D eigenvalue weighted by atomic mass is 10.0. The van der Waals surface area contributed by atoms with Crippen molar-refractivity contribution in [2.45, 2.75) is 110 Å². The van der Waals surface area contributed by atoms with Gasteiger partial charge in [0, 0.05) is 6.54 Å². The van der Waals surface area contributed by atoms with Gasteiger partial charge in [-0.2, -0.15) is 0 Å². The Morgan fingerprint density at radius 3 is 1.76 bits per heavy atom. The summed E-state index contributed by atoms with van der Waals surface area (Å²) in [5, 5.41) is 15.0. The second-order valence-corrected chi connectivity index (χ2v) is 8.07. The third-order valence-corrected chi connectivity index (χ3v) is 5.46. The van der Waals surface area contributed by atoms with Crippen LogP contribution in [0.2, 0.25) is 0 Å². The van der Waals surface area contributed by atoms with Gasteiger partial charge in [0.15, 0.2) is 0 Å². The fraction of sp³-hybridized carbons (Fsp3) is 0.826. The van der Waals surface area contributed by atoms with E-state index in [1.165, 1.54) is 103 Å². The van der Waals surface area contributed by atoms with Crippen molar-refractivity contribution in [2.24, 2.45) is 0 Å². The predicted molar refractivity (Wildman–Crippen MR) is 122 cm³/mol. The van der Waals surface area contributed by atoms with Crippen LogP contribution in [-0.4, -0.2) is 18.6 Å². The fourth-order valence-electron chi connectivity index (χ4n) is 3.61. The Balaban J connectivity index is 1.88. The average molecular weight is 409 g/mol. The van der Waals surface area contributed by atoms with E-state index in [0.29, 0.717) is 16.4 Å². The minimum Gasteiger partial charge on any atom is -0.754 e. The van der Waals surface area contributed by atoms with Gasteiger partial charge < -0.3 is 21.0 Å². The Hall–Kier alpha value is -1.72. The SMILES string of the molecule is CCCCCCCCCCCCCCCCCCNc1cc(OC)nc(N)[n+]1[O-]. The van der Waals surface area contributed by atoms with Gasteiger partial charge in [-0.3, -0.25) is 0 Å². The van der Waals surface area contributed by atoms with Crippen LogP contribution in [0.3, 0.4) is 0 Å². The van der Waals surface area contributed by atoms with E-state index in [0.717, 1.165) is 13.0 Å². The lowest BCUT2D eigenvalue weighted by Gasteiger charge is -2.13. The standard InChI is InChI=1S/C23H44N4O2/c1-3-4-5-6-7-8-9-10-11-12-13-14-15-16-17-18-19-25-21-20-22(29-2)26-23(24)27(21)28/h20,25H,3-19H2,1-2H3,(H2,24,26). The molecule has 1 rings (SSSR count). The van der Waals surface area contributed by atoms with Crippen LogP contribution in [0, 0.1) is 5.21 Å². The Morgan fingerprint density at radius 2 is 1.31 bits per heavy atom. The molecule has 0 amide bonds. The molecule has 0 aromatic carbocycles. The summed E-state index contributed by atoms with van der Waals surface area (Å²) >= 11 is 0. The summed E-state index contributed by atoms with van der Waals surface area (Å²) in [7, 11) is 1.51. The van der Waals surface area contributed by atoms with Crippen molar-refractivity contribution in [3.63, 3.8) is 0 Å². The second kappa shape index (κ2) is 17.2. The first-order chi connectivity index (χ1) is 14.2. The number of aromatic nitrogens is 2. The van der Waals surface area contributed by atoms with Gasteiger partial charge >= 0.3 is 5.95 Å². The first-order valence-electron chi connectivity index (χ1n) is 11.9. The highest BCUT2D eigenvalue weighted by Crippen LogP contribution is 2.15. The van der Waals surface area contributed by atoms with E-state index in [1.807, 2.05) is 0 Å². The van der Waals surface area contributed by atoms with E-state index in [2.05, 4.69) is 17.2 Å². The molecular weight excluding hydrogens is 364 g/mol. The van der Waals surface area contributed by atoms with Crippen LogP contribution in [0.25, 0.3) is 0 Å². The molecule has 0 aliphatic rings. The highest BCUT2D eigenvalue weighted by molar-refractivity contribution is 5.36. The summed E-state index contributed by atoms with van der Waals surface area (Å²) in [6.07, 6.45) is 21.7. The smallest absolute Gasteiger partial charge is 0.347 e. The molecule has 1 heterocycles. The lowest BCUT2D eigenvalue weighted by molar-refractivity contribution is -0.577. The number of hydrogen-bond donors (Lipinski definition) is 2. The van der Waals surface area contributed by atoms with Crippen LogP contribution in [0.4, 0.5) is 11.8 Å². The van der Waals surface area contributed by atoms with Crippen molar-refractivity contribution < 1.29 is 9.47 Å². The van der Waals surface area contributed by atoms with E-state index in [1.54, 1.807) is 6.07 Å². The fourth-order valence-corrected chi connectivity index (χ4v) is 3.61. The third-order valence-electron chi connectivity index (χ3n) is 5.46. The van der Waals surface area contributed by atoms with Crippen molar-refractivity contribution in [2.75, 3.05) is 24.7 Å². The molecule has 0 spiro atoms. The zero-order valence-corrected chi connectivity index (χ0v) is 18.9. The van der Waals surface area contributed by atoms with Gasteiger partial charge in [-0.05, 0) is 6.42 Å². The molecule has 0 unspecified atom stereocenters. The summed E-state index contributed by atoms with van der Waals surface area (Å²) in [5.41, 5.74) is 5.58. The molecular formula is C23H44N4O2. The van der Waals surface area contributed by atoms with Crippen LogP contribution in [0.1, 0.15) is 110 Å². The number of ether oxygens (including phenoxy) is 1. The predicted octanol–water partition coefficient (Wildman–Crippen LogP) is 5.98. The Morgan fingerprint density at radius 1 is 0.862 bits per heavy atom. The van der Waals surface area contributed by atoms with Crippen LogP contribution < -0.4 is 20.5 Å². The van der Waals surface area contributed by atoms with E-state index >= 15 is 0 Å². The third kappa shape index (κ3) is 12.4. The van der Waals surface area contributed by atoms with Crippen molar-refractivity contribution in [1.29, 1.82) is 0 Å². The molecule has 3 N–H and O–H groups in total. The first kappa shape index (κ1) is 25.3. The zero-order chi connectivity index (χ0) is 21.2. The number of hydrogen-bond acceptors (Lipinski definition) is 5. The first-order valence-corrected chi connectivity index (χ1v) is 11.9. The number of nitrogens with zero attached hydrogens (tertiary/aromatic N) is 2. The molecule has 29 heavy (non-hydrogen) atoms. The molecule has 0 fully saturated rings. The van der Waals surface area contributed by atoms with Gasteiger partial charge in [-0.1, -0.05) is 108 Å². The number of nitrogen functional groups attached to an aromatic ring is 1. The summed E-state index contributed by atoms with van der Waals surface area (Å²) < 4.78 is 5.65. The molecule has 0 bridgehead atoms. The van der Waals surface area contributed by atoms with Gasteiger partial charge in [-0.25, -0.2) is 4.73 Å². The molecule has 0 saturated heterocycles. The molecule has 1 aromatic heterocycles. The maximum Gasteiger partial charge on any atom is 0.347 e. The quantitative estimate of drug-likeness (QED) is 0.167. The normalized spacial score (nSPS) is 11.0. The maximum atomic E-state index is 11.9. The Bertz CT molecular complexity index is 526. The van der Waals surface area contributed by atoms with E-state index in [-0.39, 0.29) is 5.95 Å². The Kier molecular flexibility index (Phi) is 15.0. The number of anilines is 2. The summed E-state index contributed by atoms with van der Waals surface area (Å²) in [6, 6.07) is 1.58. The van der Waals surface area contributed by atoms with Crippen molar-refractivity contribution in [1.82, 2.24) is 4.98 Å². The molecule has 0 aliphatic heterocycles. The van der Waals surface area contributed by atoms with Crippen LogP contribution in [0.5, 0.6) is 5.88 Å². The van der Waals surface area contributed by atoms with Crippen LogP contribution in [0.15, 0.2) is 6.07 Å². The van der Waals surface area contributed by atoms with Gasteiger partial charge in [0.25, 0.3) is 5.88 Å². The average Bonchev–Trinajstić information content (AvgIpc) is 2.73.